The van der Waals surface area contributed by atoms with Crippen molar-refractivity contribution in [2.24, 2.45) is 0 Å². The Hall–Kier alpha value is -1.05. The van der Waals surface area contributed by atoms with Gasteiger partial charge in [0.2, 0.25) is 0 Å². The summed E-state index contributed by atoms with van der Waals surface area (Å²) in [5, 5.41) is 9.53. The van der Waals surface area contributed by atoms with Crippen molar-refractivity contribution in [3.63, 3.8) is 0 Å². The summed E-state index contributed by atoms with van der Waals surface area (Å²) < 4.78 is 12.5. The van der Waals surface area contributed by atoms with Crippen LogP contribution in [-0.2, 0) is 26.2 Å². The predicted molar refractivity (Wildman–Crippen MR) is 82.0 cm³/mol. The van der Waals surface area contributed by atoms with Crippen molar-refractivity contribution in [3.05, 3.63) is 11.9 Å². The highest BCUT2D eigenvalue weighted by atomic mass is 32.2. The molecule has 7 heteroatoms. The maximum Gasteiger partial charge on any atom is 0.313 e. The van der Waals surface area contributed by atoms with Crippen molar-refractivity contribution in [3.8, 4) is 0 Å². The average molecular weight is 316 g/mol. The number of nitrogens with zero attached hydrogens (tertiary/aromatic N) is 2. The van der Waals surface area contributed by atoms with Crippen molar-refractivity contribution in [1.82, 2.24) is 9.55 Å². The Morgan fingerprint density at radius 3 is 2.67 bits per heavy atom. The molecule has 6 nitrogen and oxygen atoms in total. The maximum atomic E-state index is 10.7. The van der Waals surface area contributed by atoms with Crippen LogP contribution in [0.4, 0.5) is 0 Å². The highest BCUT2D eigenvalue weighted by Crippen LogP contribution is 2.27. The number of carboxylic acid groups (broad SMARTS) is 1. The lowest BCUT2D eigenvalue weighted by Gasteiger charge is -2.21. The molecular weight excluding hydrogens is 292 g/mol. The van der Waals surface area contributed by atoms with Gasteiger partial charge in [0.15, 0.2) is 5.16 Å². The number of ether oxygens (including phenoxy) is 2. The van der Waals surface area contributed by atoms with Crippen LogP contribution in [0.25, 0.3) is 0 Å². The molecule has 1 rings (SSSR count). The highest BCUT2D eigenvalue weighted by Gasteiger charge is 2.22. The average Bonchev–Trinajstić information content (AvgIpc) is 2.79. The van der Waals surface area contributed by atoms with E-state index >= 15 is 0 Å². The molecule has 0 fully saturated rings. The SMILES string of the molecule is COCCOCCn1c(C(C)(C)C)cnc1SCC(=O)O. The number of aliphatic carboxylic acids is 1. The molecule has 1 heterocycles. The molecule has 0 amide bonds. The normalized spacial score (nSPS) is 11.8. The lowest BCUT2D eigenvalue weighted by molar-refractivity contribution is -0.133. The van der Waals surface area contributed by atoms with Crippen LogP contribution in [-0.4, -0.2) is 53.3 Å². The molecule has 0 spiro atoms. The molecule has 120 valence electrons. The monoisotopic (exact) mass is 316 g/mol. The van der Waals surface area contributed by atoms with E-state index in [0.29, 0.717) is 26.4 Å². The third kappa shape index (κ3) is 6.07. The van der Waals surface area contributed by atoms with Crippen molar-refractivity contribution in [1.29, 1.82) is 0 Å². The fraction of sp³-hybridized carbons (Fsp3) is 0.714. The Kier molecular flexibility index (Phi) is 7.21. The summed E-state index contributed by atoms with van der Waals surface area (Å²) in [5.74, 6) is -0.839. The summed E-state index contributed by atoms with van der Waals surface area (Å²) in [6, 6.07) is 0. The highest BCUT2D eigenvalue weighted by molar-refractivity contribution is 7.99. The second-order valence-electron chi connectivity index (χ2n) is 5.62. The molecule has 0 aromatic carbocycles. The summed E-state index contributed by atoms with van der Waals surface area (Å²) in [7, 11) is 1.64. The van der Waals surface area contributed by atoms with E-state index in [1.165, 1.54) is 11.8 Å². The molecular formula is C14H24N2O4S. The Bertz CT molecular complexity index is 454. The van der Waals surface area contributed by atoms with Gasteiger partial charge in [0.25, 0.3) is 0 Å². The van der Waals surface area contributed by atoms with Gasteiger partial charge in [0, 0.05) is 31.0 Å². The van der Waals surface area contributed by atoms with Crippen molar-refractivity contribution in [2.45, 2.75) is 37.9 Å². The molecule has 0 radical (unpaired) electrons. The minimum atomic E-state index is -0.844. The predicted octanol–water partition coefficient (Wildman–Crippen LogP) is 2.02. The van der Waals surface area contributed by atoms with Crippen LogP contribution in [0, 0.1) is 0 Å². The Balaban J connectivity index is 2.74. The van der Waals surface area contributed by atoms with Crippen molar-refractivity contribution < 1.29 is 19.4 Å². The third-order valence-corrected chi connectivity index (χ3v) is 3.78. The summed E-state index contributed by atoms with van der Waals surface area (Å²) in [6.07, 6.45) is 1.82. The minimum absolute atomic E-state index is 0.00509. The van der Waals surface area contributed by atoms with Gasteiger partial charge in [-0.3, -0.25) is 4.79 Å². The van der Waals surface area contributed by atoms with E-state index in [1.54, 1.807) is 7.11 Å². The first-order valence-corrected chi connectivity index (χ1v) is 7.82. The molecule has 0 aliphatic rings. The first kappa shape index (κ1) is 18.0. The van der Waals surface area contributed by atoms with Gasteiger partial charge in [-0.05, 0) is 0 Å². The quantitative estimate of drug-likeness (QED) is 0.555. The zero-order valence-corrected chi connectivity index (χ0v) is 13.9. The number of carbonyl (C=O) groups is 1. The fourth-order valence-electron chi connectivity index (χ4n) is 1.82. The van der Waals surface area contributed by atoms with E-state index in [4.69, 9.17) is 14.6 Å². The molecule has 1 N–H and O–H groups in total. The van der Waals surface area contributed by atoms with E-state index in [2.05, 4.69) is 25.8 Å². The first-order valence-electron chi connectivity index (χ1n) is 6.83. The molecule has 1 aromatic heterocycles. The van der Waals surface area contributed by atoms with Crippen LogP contribution in [0.1, 0.15) is 26.5 Å². The smallest absolute Gasteiger partial charge is 0.313 e. The number of rotatable bonds is 9. The number of methoxy groups -OCH3 is 1. The zero-order valence-electron chi connectivity index (χ0n) is 13.1. The van der Waals surface area contributed by atoms with E-state index in [9.17, 15) is 4.79 Å². The first-order chi connectivity index (χ1) is 9.86. The fourth-order valence-corrected chi connectivity index (χ4v) is 2.54. The van der Waals surface area contributed by atoms with E-state index in [1.807, 2.05) is 10.8 Å². The molecule has 0 saturated heterocycles. The zero-order chi connectivity index (χ0) is 15.9. The lowest BCUT2D eigenvalue weighted by atomic mass is 9.93. The Morgan fingerprint density at radius 2 is 2.10 bits per heavy atom. The summed E-state index contributed by atoms with van der Waals surface area (Å²) in [4.78, 5) is 15.1. The van der Waals surface area contributed by atoms with Crippen molar-refractivity contribution in [2.75, 3.05) is 32.7 Å². The van der Waals surface area contributed by atoms with Gasteiger partial charge >= 0.3 is 5.97 Å². The van der Waals surface area contributed by atoms with Crippen LogP contribution in [0.2, 0.25) is 0 Å². The molecule has 1 aromatic rings. The van der Waals surface area contributed by atoms with Gasteiger partial charge in [0.1, 0.15) is 0 Å². The molecule has 0 bridgehead atoms. The van der Waals surface area contributed by atoms with Gasteiger partial charge in [-0.15, -0.1) is 0 Å². The van der Waals surface area contributed by atoms with Gasteiger partial charge in [-0.2, -0.15) is 0 Å². The van der Waals surface area contributed by atoms with Crippen LogP contribution < -0.4 is 0 Å². The lowest BCUT2D eigenvalue weighted by Crippen LogP contribution is -2.20. The Morgan fingerprint density at radius 1 is 1.38 bits per heavy atom. The van der Waals surface area contributed by atoms with Gasteiger partial charge in [0.05, 0.1) is 25.6 Å². The van der Waals surface area contributed by atoms with Crippen LogP contribution in [0.5, 0.6) is 0 Å². The van der Waals surface area contributed by atoms with E-state index in [-0.39, 0.29) is 11.2 Å². The summed E-state index contributed by atoms with van der Waals surface area (Å²) in [6.45, 7) is 8.64. The van der Waals surface area contributed by atoms with Crippen LogP contribution in [0.15, 0.2) is 11.4 Å². The number of hydrogen-bond donors (Lipinski definition) is 1. The minimum Gasteiger partial charge on any atom is -0.481 e. The molecule has 0 aliphatic carbocycles. The van der Waals surface area contributed by atoms with E-state index in [0.717, 1.165) is 10.9 Å². The maximum absolute atomic E-state index is 10.7. The molecule has 0 aliphatic heterocycles. The van der Waals surface area contributed by atoms with Gasteiger partial charge in [-0.25, -0.2) is 4.98 Å². The van der Waals surface area contributed by atoms with Crippen molar-refractivity contribution >= 4 is 17.7 Å². The molecule has 21 heavy (non-hydrogen) atoms. The number of imidazole rings is 1. The molecule has 0 saturated carbocycles. The summed E-state index contributed by atoms with van der Waals surface area (Å²) in [5.41, 5.74) is 1.02. The second kappa shape index (κ2) is 8.41. The Labute approximate surface area is 129 Å². The number of carboxylic acids is 1. The van der Waals surface area contributed by atoms with Gasteiger partial charge in [-0.1, -0.05) is 32.5 Å². The molecule has 0 unspecified atom stereocenters. The number of hydrogen-bond acceptors (Lipinski definition) is 5. The standard InChI is InChI=1S/C14H24N2O4S/c1-14(2,3)11-9-15-13(21-10-12(17)18)16(11)5-6-20-8-7-19-4/h9H,5-8,10H2,1-4H3,(H,17,18). The summed E-state index contributed by atoms with van der Waals surface area (Å²) >= 11 is 1.23. The number of thioether (sulfide) groups is 1. The largest absolute Gasteiger partial charge is 0.481 e. The second-order valence-corrected chi connectivity index (χ2v) is 6.56. The third-order valence-electron chi connectivity index (χ3n) is 2.80. The van der Waals surface area contributed by atoms with Gasteiger partial charge < -0.3 is 19.1 Å². The number of aromatic nitrogens is 2. The topological polar surface area (TPSA) is 73.6 Å². The van der Waals surface area contributed by atoms with Crippen LogP contribution in [0.3, 0.4) is 0 Å². The molecule has 0 atom stereocenters. The van der Waals surface area contributed by atoms with Crippen LogP contribution >= 0.6 is 11.8 Å². The van der Waals surface area contributed by atoms with E-state index < -0.39 is 5.97 Å².